The number of hydrogen-bond acceptors (Lipinski definition) is 7. The number of nitrogens with one attached hydrogen (secondary N) is 2. The lowest BCUT2D eigenvalue weighted by Gasteiger charge is -2.29. The third-order valence-corrected chi connectivity index (χ3v) is 6.13. The minimum atomic E-state index is -0.326. The van der Waals surface area contributed by atoms with E-state index in [1.807, 2.05) is 51.1 Å². The first-order chi connectivity index (χ1) is 16.8. The first-order valence-electron chi connectivity index (χ1n) is 11.9. The zero-order valence-electron chi connectivity index (χ0n) is 20.5. The van der Waals surface area contributed by atoms with Crippen molar-refractivity contribution in [3.05, 3.63) is 66.4 Å². The summed E-state index contributed by atoms with van der Waals surface area (Å²) >= 11 is 0. The van der Waals surface area contributed by atoms with Gasteiger partial charge in [-0.15, -0.1) is 0 Å². The molecule has 1 aliphatic heterocycles. The average molecular weight is 476 g/mol. The predicted octanol–water partition coefficient (Wildman–Crippen LogP) is 3.86. The average Bonchev–Trinajstić information content (AvgIpc) is 2.87. The quantitative estimate of drug-likeness (QED) is 0.477. The Labute approximate surface area is 206 Å². The third-order valence-electron chi connectivity index (χ3n) is 6.13. The van der Waals surface area contributed by atoms with Gasteiger partial charge in [0.1, 0.15) is 0 Å². The summed E-state index contributed by atoms with van der Waals surface area (Å²) in [5.41, 5.74) is 4.00. The number of rotatable bonds is 7. The molecule has 8 nitrogen and oxygen atoms in total. The van der Waals surface area contributed by atoms with E-state index in [4.69, 9.17) is 4.74 Å². The number of nitrogens with zero attached hydrogens (tertiary/aromatic N) is 3. The van der Waals surface area contributed by atoms with Gasteiger partial charge in [0, 0.05) is 41.8 Å². The molecule has 1 amide bonds. The monoisotopic (exact) mass is 475 g/mol. The first-order valence-corrected chi connectivity index (χ1v) is 11.9. The van der Waals surface area contributed by atoms with Gasteiger partial charge in [0.25, 0.3) is 5.91 Å². The molecule has 184 valence electrons. The standard InChI is InChI=1S/C27H33N5O3/c1-27(2,3)24(18-33)31-25(34)20-6-4-19(5-7-20)23-12-13-28-26(30-23)29-21-8-10-22(11-9-21)32-14-16-35-17-15-32/h4-13,24,33H,14-18H2,1-3H3,(H,31,34)(H,28,29,30)/t24-/m1/s1. The highest BCUT2D eigenvalue weighted by molar-refractivity contribution is 5.94. The maximum atomic E-state index is 12.6. The Bertz CT molecular complexity index is 1120. The van der Waals surface area contributed by atoms with Crippen molar-refractivity contribution in [3.8, 4) is 11.3 Å². The van der Waals surface area contributed by atoms with Crippen LogP contribution in [-0.4, -0.2) is 59.9 Å². The molecule has 1 aromatic heterocycles. The second-order valence-corrected chi connectivity index (χ2v) is 9.69. The molecule has 3 N–H and O–H groups in total. The molecule has 2 heterocycles. The van der Waals surface area contributed by atoms with Gasteiger partial charge >= 0.3 is 0 Å². The molecule has 4 rings (SSSR count). The fraction of sp³-hybridized carbons (Fsp3) is 0.370. The summed E-state index contributed by atoms with van der Waals surface area (Å²) in [7, 11) is 0. The summed E-state index contributed by atoms with van der Waals surface area (Å²) in [4.78, 5) is 23.9. The second-order valence-electron chi connectivity index (χ2n) is 9.69. The van der Waals surface area contributed by atoms with Crippen LogP contribution in [-0.2, 0) is 4.74 Å². The number of hydrogen-bond donors (Lipinski definition) is 3. The number of aliphatic hydroxyl groups is 1. The molecule has 35 heavy (non-hydrogen) atoms. The Morgan fingerprint density at radius 2 is 1.74 bits per heavy atom. The van der Waals surface area contributed by atoms with E-state index >= 15 is 0 Å². The zero-order valence-corrected chi connectivity index (χ0v) is 20.5. The summed E-state index contributed by atoms with van der Waals surface area (Å²) in [6, 6.07) is 17.0. The van der Waals surface area contributed by atoms with E-state index in [1.54, 1.807) is 18.3 Å². The highest BCUT2D eigenvalue weighted by atomic mass is 16.5. The van der Waals surface area contributed by atoms with Crippen molar-refractivity contribution in [2.24, 2.45) is 5.41 Å². The van der Waals surface area contributed by atoms with Gasteiger partial charge in [-0.3, -0.25) is 4.79 Å². The molecule has 0 bridgehead atoms. The highest BCUT2D eigenvalue weighted by Gasteiger charge is 2.25. The van der Waals surface area contributed by atoms with Gasteiger partial charge in [0.2, 0.25) is 5.95 Å². The lowest BCUT2D eigenvalue weighted by Crippen LogP contribution is -2.46. The number of aromatic nitrogens is 2. The van der Waals surface area contributed by atoms with E-state index in [2.05, 4.69) is 37.6 Å². The van der Waals surface area contributed by atoms with Crippen molar-refractivity contribution in [2.45, 2.75) is 26.8 Å². The minimum absolute atomic E-state index is 0.111. The van der Waals surface area contributed by atoms with Crippen LogP contribution in [0.4, 0.5) is 17.3 Å². The number of aliphatic hydroxyl groups excluding tert-OH is 1. The van der Waals surface area contributed by atoms with E-state index in [0.717, 1.165) is 43.2 Å². The Hall–Kier alpha value is -3.49. The maximum Gasteiger partial charge on any atom is 0.251 e. The molecule has 0 saturated carbocycles. The summed E-state index contributed by atoms with van der Waals surface area (Å²) < 4.78 is 5.42. The molecule has 1 aliphatic rings. The molecule has 0 aliphatic carbocycles. The highest BCUT2D eigenvalue weighted by Crippen LogP contribution is 2.23. The van der Waals surface area contributed by atoms with Crippen molar-refractivity contribution in [3.63, 3.8) is 0 Å². The van der Waals surface area contributed by atoms with Crippen LogP contribution in [0.2, 0.25) is 0 Å². The van der Waals surface area contributed by atoms with E-state index < -0.39 is 0 Å². The molecule has 0 unspecified atom stereocenters. The molecular formula is C27H33N5O3. The fourth-order valence-electron chi connectivity index (χ4n) is 3.86. The number of carbonyl (C=O) groups is 1. The van der Waals surface area contributed by atoms with E-state index in [9.17, 15) is 9.90 Å². The summed E-state index contributed by atoms with van der Waals surface area (Å²) in [6.07, 6.45) is 1.71. The topological polar surface area (TPSA) is 99.6 Å². The van der Waals surface area contributed by atoms with E-state index in [0.29, 0.717) is 11.5 Å². The summed E-state index contributed by atoms with van der Waals surface area (Å²) in [5.74, 6) is 0.288. The maximum absolute atomic E-state index is 12.6. The van der Waals surface area contributed by atoms with E-state index in [-0.39, 0.29) is 24.0 Å². The fourth-order valence-corrected chi connectivity index (χ4v) is 3.86. The van der Waals surface area contributed by atoms with Gasteiger partial charge in [-0.25, -0.2) is 9.97 Å². The smallest absolute Gasteiger partial charge is 0.251 e. The molecule has 1 saturated heterocycles. The molecule has 8 heteroatoms. The molecular weight excluding hydrogens is 442 g/mol. The number of amides is 1. The van der Waals surface area contributed by atoms with Crippen LogP contribution in [0.1, 0.15) is 31.1 Å². The van der Waals surface area contributed by atoms with Crippen LogP contribution in [0.5, 0.6) is 0 Å². The Morgan fingerprint density at radius 3 is 2.37 bits per heavy atom. The predicted molar refractivity (Wildman–Crippen MR) is 138 cm³/mol. The van der Waals surface area contributed by atoms with Crippen LogP contribution in [0.3, 0.4) is 0 Å². The zero-order chi connectivity index (χ0) is 24.8. The van der Waals surface area contributed by atoms with Gasteiger partial charge in [-0.1, -0.05) is 32.9 Å². The van der Waals surface area contributed by atoms with Gasteiger partial charge in [0.15, 0.2) is 0 Å². The van der Waals surface area contributed by atoms with Gasteiger partial charge in [-0.2, -0.15) is 0 Å². The number of anilines is 3. The largest absolute Gasteiger partial charge is 0.394 e. The van der Waals surface area contributed by atoms with Gasteiger partial charge in [-0.05, 0) is 47.9 Å². The Kier molecular flexibility index (Phi) is 7.63. The Morgan fingerprint density at radius 1 is 1.06 bits per heavy atom. The number of ether oxygens (including phenoxy) is 1. The van der Waals surface area contributed by atoms with Crippen molar-refractivity contribution < 1.29 is 14.6 Å². The van der Waals surface area contributed by atoms with Gasteiger partial charge < -0.3 is 25.4 Å². The Balaban J connectivity index is 1.41. The van der Waals surface area contributed by atoms with Crippen molar-refractivity contribution >= 4 is 23.2 Å². The number of morpholine rings is 1. The van der Waals surface area contributed by atoms with Gasteiger partial charge in [0.05, 0.1) is 31.6 Å². The molecule has 0 radical (unpaired) electrons. The summed E-state index contributed by atoms with van der Waals surface area (Å²) in [5, 5.41) is 15.8. The van der Waals surface area contributed by atoms with Crippen LogP contribution in [0.15, 0.2) is 60.8 Å². The molecule has 1 fully saturated rings. The number of benzene rings is 2. The molecule has 2 aromatic carbocycles. The van der Waals surface area contributed by atoms with E-state index in [1.165, 1.54) is 5.69 Å². The molecule has 1 atom stereocenters. The van der Waals surface area contributed by atoms with Crippen molar-refractivity contribution in [1.29, 1.82) is 0 Å². The normalized spacial score (nSPS) is 14.9. The number of carbonyl (C=O) groups excluding carboxylic acids is 1. The second kappa shape index (κ2) is 10.8. The van der Waals surface area contributed by atoms with Crippen LogP contribution in [0.25, 0.3) is 11.3 Å². The van der Waals surface area contributed by atoms with Crippen LogP contribution < -0.4 is 15.5 Å². The third kappa shape index (κ3) is 6.35. The van der Waals surface area contributed by atoms with Crippen molar-refractivity contribution in [1.82, 2.24) is 15.3 Å². The lowest BCUT2D eigenvalue weighted by molar-refractivity contribution is 0.0848. The first kappa shape index (κ1) is 24.6. The lowest BCUT2D eigenvalue weighted by atomic mass is 9.87. The van der Waals surface area contributed by atoms with Crippen LogP contribution >= 0.6 is 0 Å². The summed E-state index contributed by atoms with van der Waals surface area (Å²) in [6.45, 7) is 9.15. The van der Waals surface area contributed by atoms with Crippen LogP contribution in [0, 0.1) is 5.41 Å². The molecule has 0 spiro atoms. The molecule has 3 aromatic rings. The van der Waals surface area contributed by atoms with Crippen molar-refractivity contribution in [2.75, 3.05) is 43.1 Å². The SMILES string of the molecule is CC(C)(C)[C@@H](CO)NC(=O)c1ccc(-c2ccnc(Nc3ccc(N4CCOCC4)cc3)n2)cc1. The minimum Gasteiger partial charge on any atom is -0.394 e.